The van der Waals surface area contributed by atoms with Crippen molar-refractivity contribution in [1.82, 2.24) is 4.98 Å². The lowest BCUT2D eigenvalue weighted by atomic mass is 9.90. The van der Waals surface area contributed by atoms with Crippen LogP contribution in [0.15, 0.2) is 30.5 Å². The summed E-state index contributed by atoms with van der Waals surface area (Å²) in [5, 5.41) is 10.6. The van der Waals surface area contributed by atoms with Crippen LogP contribution in [0.3, 0.4) is 0 Å². The maximum atomic E-state index is 14.6. The van der Waals surface area contributed by atoms with Gasteiger partial charge >= 0.3 is 5.97 Å². The molecule has 0 radical (unpaired) electrons. The average molecular weight is 400 g/mol. The van der Waals surface area contributed by atoms with Gasteiger partial charge in [-0.3, -0.25) is 0 Å². The first-order valence-corrected chi connectivity index (χ1v) is 9.44. The molecule has 0 aliphatic carbocycles. The molecular formula is C21H21FN2O3S. The molecule has 0 fully saturated rings. The standard InChI is InChI=1S/C21H21FN2O3S/c1-9(2)27-19(21(25)26)16-12(5)24-20-14(8-10(3)28-20)17(16)13-6-7-15(23)18(22)11(13)4/h6-8,19H,1,23H2,2-5H3,(H,25,26)/t19-/m0/s1. The molecule has 146 valence electrons. The van der Waals surface area contributed by atoms with E-state index >= 15 is 0 Å². The first kappa shape index (κ1) is 19.8. The number of nitrogen functional groups attached to an aromatic ring is 1. The predicted octanol–water partition coefficient (Wildman–Crippen LogP) is 5.29. The van der Waals surface area contributed by atoms with Crippen molar-refractivity contribution in [3.05, 3.63) is 58.1 Å². The zero-order valence-electron chi connectivity index (χ0n) is 16.1. The van der Waals surface area contributed by atoms with E-state index in [2.05, 4.69) is 11.6 Å². The summed E-state index contributed by atoms with van der Waals surface area (Å²) in [6.45, 7) is 10.5. The number of nitrogens with zero attached hydrogens (tertiary/aromatic N) is 1. The Morgan fingerprint density at radius 3 is 2.64 bits per heavy atom. The summed E-state index contributed by atoms with van der Waals surface area (Å²) in [6, 6.07) is 5.12. The summed E-state index contributed by atoms with van der Waals surface area (Å²) < 4.78 is 20.1. The monoisotopic (exact) mass is 400 g/mol. The Morgan fingerprint density at radius 2 is 2.04 bits per heavy atom. The van der Waals surface area contributed by atoms with Gasteiger partial charge in [-0.25, -0.2) is 14.2 Å². The first-order valence-electron chi connectivity index (χ1n) is 8.62. The van der Waals surface area contributed by atoms with E-state index in [1.807, 2.05) is 13.0 Å². The minimum Gasteiger partial charge on any atom is -0.479 e. The molecule has 1 aromatic carbocycles. The van der Waals surface area contributed by atoms with Gasteiger partial charge in [0, 0.05) is 27.1 Å². The number of carboxylic acids is 1. The van der Waals surface area contributed by atoms with E-state index in [1.165, 1.54) is 17.4 Å². The number of halogens is 1. The number of pyridine rings is 1. The molecule has 7 heteroatoms. The molecule has 0 unspecified atom stereocenters. The van der Waals surface area contributed by atoms with Gasteiger partial charge in [-0.15, -0.1) is 11.3 Å². The van der Waals surface area contributed by atoms with Gasteiger partial charge in [-0.05, 0) is 51.0 Å². The molecular weight excluding hydrogens is 379 g/mol. The minimum absolute atomic E-state index is 0.0410. The van der Waals surface area contributed by atoms with Crippen LogP contribution in [0.1, 0.15) is 34.7 Å². The van der Waals surface area contributed by atoms with E-state index in [0.717, 1.165) is 15.1 Å². The molecule has 3 rings (SSSR count). The second-order valence-electron chi connectivity index (χ2n) is 6.74. The van der Waals surface area contributed by atoms with E-state index in [-0.39, 0.29) is 11.4 Å². The van der Waals surface area contributed by atoms with Crippen LogP contribution >= 0.6 is 11.3 Å². The smallest absolute Gasteiger partial charge is 0.349 e. The summed E-state index contributed by atoms with van der Waals surface area (Å²) in [7, 11) is 0. The number of aryl methyl sites for hydroxylation is 2. The number of hydrogen-bond acceptors (Lipinski definition) is 5. The fourth-order valence-corrected chi connectivity index (χ4v) is 4.26. The van der Waals surface area contributed by atoms with Crippen molar-refractivity contribution >= 4 is 33.2 Å². The lowest BCUT2D eigenvalue weighted by molar-refractivity contribution is -0.148. The van der Waals surface area contributed by atoms with Crippen LogP contribution in [0.25, 0.3) is 21.3 Å². The molecule has 0 bridgehead atoms. The SMILES string of the molecule is C=C(C)O[C@H](C(=O)O)c1c(C)nc2sc(C)cc2c1-c1ccc(N)c(F)c1C. The second kappa shape index (κ2) is 7.24. The number of rotatable bonds is 5. The molecule has 0 saturated carbocycles. The number of carboxylic acid groups (broad SMARTS) is 1. The lowest BCUT2D eigenvalue weighted by Crippen LogP contribution is -2.18. The maximum absolute atomic E-state index is 14.6. The van der Waals surface area contributed by atoms with Gasteiger partial charge in [-0.1, -0.05) is 12.6 Å². The molecule has 3 N–H and O–H groups in total. The summed E-state index contributed by atoms with van der Waals surface area (Å²) in [5.74, 6) is -1.43. The van der Waals surface area contributed by atoms with Gasteiger partial charge in [0.1, 0.15) is 10.6 Å². The highest BCUT2D eigenvalue weighted by atomic mass is 32.1. The number of thiophene rings is 1. The summed E-state index contributed by atoms with van der Waals surface area (Å²) in [4.78, 5) is 18.4. The maximum Gasteiger partial charge on any atom is 0.349 e. The van der Waals surface area contributed by atoms with Crippen molar-refractivity contribution in [3.63, 3.8) is 0 Å². The highest BCUT2D eigenvalue weighted by Crippen LogP contribution is 2.42. The number of aromatic nitrogens is 1. The molecule has 1 atom stereocenters. The molecule has 2 heterocycles. The average Bonchev–Trinajstić information content (AvgIpc) is 2.97. The fourth-order valence-electron chi connectivity index (χ4n) is 3.32. The van der Waals surface area contributed by atoms with Crippen molar-refractivity contribution in [2.24, 2.45) is 0 Å². The summed E-state index contributed by atoms with van der Waals surface area (Å²) in [5.41, 5.74) is 8.14. The predicted molar refractivity (Wildman–Crippen MR) is 110 cm³/mol. The molecule has 0 amide bonds. The van der Waals surface area contributed by atoms with Crippen LogP contribution in [0.2, 0.25) is 0 Å². The fraction of sp³-hybridized carbons (Fsp3) is 0.238. The normalized spacial score (nSPS) is 12.2. The van der Waals surface area contributed by atoms with Gasteiger partial charge in [0.25, 0.3) is 0 Å². The Morgan fingerprint density at radius 1 is 1.36 bits per heavy atom. The largest absolute Gasteiger partial charge is 0.479 e. The number of benzene rings is 1. The van der Waals surface area contributed by atoms with Crippen molar-refractivity contribution in [1.29, 1.82) is 0 Å². The van der Waals surface area contributed by atoms with Crippen LogP contribution in [-0.2, 0) is 9.53 Å². The highest BCUT2D eigenvalue weighted by Gasteiger charge is 2.31. The Labute approximate surface area is 166 Å². The Balaban J connectivity index is 2.47. The lowest BCUT2D eigenvalue weighted by Gasteiger charge is -2.22. The molecule has 0 spiro atoms. The van der Waals surface area contributed by atoms with Crippen LogP contribution in [0.5, 0.6) is 0 Å². The molecule has 3 aromatic rings. The van der Waals surface area contributed by atoms with Crippen LogP contribution < -0.4 is 5.73 Å². The van der Waals surface area contributed by atoms with Crippen molar-refractivity contribution in [3.8, 4) is 11.1 Å². The summed E-state index contributed by atoms with van der Waals surface area (Å²) >= 11 is 1.50. The van der Waals surface area contributed by atoms with Crippen molar-refractivity contribution in [2.45, 2.75) is 33.8 Å². The summed E-state index contributed by atoms with van der Waals surface area (Å²) in [6.07, 6.45) is -1.32. The quantitative estimate of drug-likeness (QED) is 0.449. The highest BCUT2D eigenvalue weighted by molar-refractivity contribution is 7.18. The number of anilines is 1. The number of ether oxygens (including phenoxy) is 1. The number of nitrogens with two attached hydrogens (primary N) is 1. The van der Waals surface area contributed by atoms with E-state index in [0.29, 0.717) is 27.9 Å². The van der Waals surface area contributed by atoms with Gasteiger partial charge in [0.05, 0.1) is 11.4 Å². The third-order valence-electron chi connectivity index (χ3n) is 4.52. The molecule has 2 aromatic heterocycles. The van der Waals surface area contributed by atoms with Crippen molar-refractivity contribution < 1.29 is 19.0 Å². The molecule has 0 saturated heterocycles. The first-order chi connectivity index (χ1) is 13.1. The van der Waals surface area contributed by atoms with Crippen LogP contribution in [-0.4, -0.2) is 16.1 Å². The number of carbonyl (C=O) groups is 1. The minimum atomic E-state index is -1.32. The Hall–Kier alpha value is -2.93. The van der Waals surface area contributed by atoms with Gasteiger partial charge in [0.2, 0.25) is 6.10 Å². The number of aliphatic carboxylic acids is 1. The zero-order valence-corrected chi connectivity index (χ0v) is 16.9. The molecule has 0 aliphatic rings. The van der Waals surface area contributed by atoms with Gasteiger partial charge in [-0.2, -0.15) is 0 Å². The van der Waals surface area contributed by atoms with Crippen LogP contribution in [0.4, 0.5) is 10.1 Å². The van der Waals surface area contributed by atoms with E-state index in [1.54, 1.807) is 26.8 Å². The Bertz CT molecular complexity index is 1120. The molecule has 5 nitrogen and oxygen atoms in total. The molecule has 28 heavy (non-hydrogen) atoms. The van der Waals surface area contributed by atoms with E-state index < -0.39 is 17.9 Å². The number of fused-ring (bicyclic) bond motifs is 1. The Kier molecular flexibility index (Phi) is 5.12. The topological polar surface area (TPSA) is 85.4 Å². The number of allylic oxidation sites excluding steroid dienone is 1. The van der Waals surface area contributed by atoms with Crippen LogP contribution in [0, 0.1) is 26.6 Å². The van der Waals surface area contributed by atoms with Crippen molar-refractivity contribution in [2.75, 3.05) is 5.73 Å². The van der Waals surface area contributed by atoms with Gasteiger partial charge in [0.15, 0.2) is 0 Å². The second-order valence-corrected chi connectivity index (χ2v) is 7.98. The third kappa shape index (κ3) is 3.33. The van der Waals surface area contributed by atoms with E-state index in [4.69, 9.17) is 10.5 Å². The van der Waals surface area contributed by atoms with E-state index in [9.17, 15) is 14.3 Å². The zero-order chi connectivity index (χ0) is 20.7. The number of hydrogen-bond donors (Lipinski definition) is 2. The molecule has 0 aliphatic heterocycles. The van der Waals surface area contributed by atoms with Gasteiger partial charge < -0.3 is 15.6 Å². The third-order valence-corrected chi connectivity index (χ3v) is 5.47.